The standard InChI is InChI=1S/C22H25ClN4O2S2/c1-30-22(25-31(28,29)26-14-6-3-7-15-26)27-16-20(17-8-4-2-5-9-17)21(24-27)18-10-12-19(23)13-11-18/h2,4-5,8-13,20H,3,6-7,14-16H2,1H3. The minimum atomic E-state index is -3.73. The van der Waals surface area contributed by atoms with Crippen LogP contribution in [0.5, 0.6) is 0 Å². The third-order valence-corrected chi connectivity index (χ3v) is 7.95. The molecule has 9 heteroatoms. The molecular weight excluding hydrogens is 452 g/mol. The first-order chi connectivity index (χ1) is 15.0. The molecule has 6 nitrogen and oxygen atoms in total. The summed E-state index contributed by atoms with van der Waals surface area (Å²) in [4.78, 5) is 0. The summed E-state index contributed by atoms with van der Waals surface area (Å²) in [5.74, 6) is -0.00239. The van der Waals surface area contributed by atoms with Gasteiger partial charge in [-0.1, -0.05) is 72.2 Å². The van der Waals surface area contributed by atoms with E-state index in [-0.39, 0.29) is 5.92 Å². The number of nitrogens with zero attached hydrogens (tertiary/aromatic N) is 4. The Kier molecular flexibility index (Phi) is 7.01. The Balaban J connectivity index is 1.69. The van der Waals surface area contributed by atoms with E-state index < -0.39 is 10.2 Å². The Bertz CT molecular complexity index is 1070. The summed E-state index contributed by atoms with van der Waals surface area (Å²) in [6.45, 7) is 1.58. The molecule has 2 aliphatic heterocycles. The van der Waals surface area contributed by atoms with Gasteiger partial charge in [-0.2, -0.15) is 17.8 Å². The zero-order valence-corrected chi connectivity index (χ0v) is 19.7. The van der Waals surface area contributed by atoms with Crippen LogP contribution in [0.1, 0.15) is 36.3 Å². The van der Waals surface area contributed by atoms with Crippen molar-refractivity contribution in [2.24, 2.45) is 9.50 Å². The number of benzene rings is 2. The average molecular weight is 477 g/mol. The molecule has 1 fully saturated rings. The average Bonchev–Trinajstić information content (AvgIpc) is 3.24. The monoisotopic (exact) mass is 476 g/mol. The molecule has 0 amide bonds. The number of thioether (sulfide) groups is 1. The van der Waals surface area contributed by atoms with Crippen molar-refractivity contribution in [2.45, 2.75) is 25.2 Å². The molecule has 2 aromatic rings. The zero-order chi connectivity index (χ0) is 21.8. The maximum atomic E-state index is 12.9. The summed E-state index contributed by atoms with van der Waals surface area (Å²) in [5, 5.41) is 7.58. The molecule has 1 saturated heterocycles. The predicted octanol–water partition coefficient (Wildman–Crippen LogP) is 4.59. The van der Waals surface area contributed by atoms with Crippen molar-refractivity contribution in [1.82, 2.24) is 9.31 Å². The fourth-order valence-corrected chi connectivity index (χ4v) is 6.05. The maximum Gasteiger partial charge on any atom is 0.324 e. The maximum absolute atomic E-state index is 12.9. The second-order valence-corrected chi connectivity index (χ2v) is 10.4. The second-order valence-electron chi connectivity index (χ2n) is 7.55. The first kappa shape index (κ1) is 22.3. The number of rotatable bonds is 4. The number of amidine groups is 1. The molecular formula is C22H25ClN4O2S2. The summed E-state index contributed by atoms with van der Waals surface area (Å²) in [6.07, 6.45) is 4.65. The van der Waals surface area contributed by atoms with Crippen LogP contribution in [0.2, 0.25) is 5.02 Å². The molecule has 0 N–H and O–H groups in total. The van der Waals surface area contributed by atoms with Gasteiger partial charge in [-0.05, 0) is 42.4 Å². The van der Waals surface area contributed by atoms with Crippen LogP contribution in [-0.2, 0) is 10.2 Å². The van der Waals surface area contributed by atoms with Crippen molar-refractivity contribution in [3.63, 3.8) is 0 Å². The molecule has 2 heterocycles. The normalized spacial score (nSPS) is 20.7. The van der Waals surface area contributed by atoms with Crippen LogP contribution in [0.3, 0.4) is 0 Å². The van der Waals surface area contributed by atoms with E-state index in [1.165, 1.54) is 16.1 Å². The first-order valence-corrected chi connectivity index (χ1v) is 13.3. The molecule has 1 atom stereocenters. The highest BCUT2D eigenvalue weighted by Gasteiger charge is 2.33. The summed E-state index contributed by atoms with van der Waals surface area (Å²) in [5.41, 5.74) is 2.96. The molecule has 4 rings (SSSR count). The third-order valence-electron chi connectivity index (χ3n) is 5.49. The minimum Gasteiger partial charge on any atom is -0.240 e. The molecule has 0 spiro atoms. The molecule has 0 saturated carbocycles. The summed E-state index contributed by atoms with van der Waals surface area (Å²) < 4.78 is 31.4. The van der Waals surface area contributed by atoms with Crippen molar-refractivity contribution in [2.75, 3.05) is 25.9 Å². The van der Waals surface area contributed by atoms with E-state index in [1.807, 2.05) is 48.7 Å². The van der Waals surface area contributed by atoms with Crippen molar-refractivity contribution in [3.8, 4) is 0 Å². The van der Waals surface area contributed by atoms with Crippen LogP contribution in [-0.4, -0.2) is 54.5 Å². The zero-order valence-electron chi connectivity index (χ0n) is 17.3. The quantitative estimate of drug-likeness (QED) is 0.478. The molecule has 0 bridgehead atoms. The van der Waals surface area contributed by atoms with E-state index >= 15 is 0 Å². The minimum absolute atomic E-state index is 0.00239. The van der Waals surface area contributed by atoms with Gasteiger partial charge in [-0.3, -0.25) is 0 Å². The Morgan fingerprint density at radius 3 is 2.39 bits per heavy atom. The Hall–Kier alpha value is -1.87. The lowest BCUT2D eigenvalue weighted by Gasteiger charge is -2.24. The topological polar surface area (TPSA) is 65.3 Å². The van der Waals surface area contributed by atoms with Gasteiger partial charge in [0.25, 0.3) is 0 Å². The van der Waals surface area contributed by atoms with Crippen LogP contribution in [0.25, 0.3) is 0 Å². The molecule has 2 aliphatic rings. The number of halogens is 1. The highest BCUT2D eigenvalue weighted by atomic mass is 35.5. The molecule has 0 aliphatic carbocycles. The van der Waals surface area contributed by atoms with Crippen molar-refractivity contribution in [1.29, 1.82) is 0 Å². The van der Waals surface area contributed by atoms with E-state index in [2.05, 4.69) is 16.5 Å². The van der Waals surface area contributed by atoms with E-state index in [4.69, 9.17) is 16.7 Å². The van der Waals surface area contributed by atoms with E-state index in [0.29, 0.717) is 29.8 Å². The summed E-state index contributed by atoms with van der Waals surface area (Å²) >= 11 is 7.37. The van der Waals surface area contributed by atoms with E-state index in [0.717, 1.165) is 36.1 Å². The molecule has 0 radical (unpaired) electrons. The largest absolute Gasteiger partial charge is 0.324 e. The van der Waals surface area contributed by atoms with Crippen LogP contribution < -0.4 is 0 Å². The van der Waals surface area contributed by atoms with Gasteiger partial charge in [0, 0.05) is 24.0 Å². The lowest BCUT2D eigenvalue weighted by Crippen LogP contribution is -2.36. The third kappa shape index (κ3) is 5.14. The molecule has 31 heavy (non-hydrogen) atoms. The predicted molar refractivity (Wildman–Crippen MR) is 129 cm³/mol. The highest BCUT2D eigenvalue weighted by molar-refractivity contribution is 8.13. The van der Waals surface area contributed by atoms with Gasteiger partial charge in [0.05, 0.1) is 12.3 Å². The van der Waals surface area contributed by atoms with Gasteiger partial charge in [-0.25, -0.2) is 5.01 Å². The summed E-state index contributed by atoms with van der Waals surface area (Å²) in [6, 6.07) is 17.7. The van der Waals surface area contributed by atoms with Crippen molar-refractivity contribution in [3.05, 3.63) is 70.7 Å². The fourth-order valence-electron chi connectivity index (χ4n) is 3.89. The Morgan fingerprint density at radius 1 is 1.06 bits per heavy atom. The first-order valence-electron chi connectivity index (χ1n) is 10.3. The van der Waals surface area contributed by atoms with Crippen molar-refractivity contribution >= 4 is 44.5 Å². The van der Waals surface area contributed by atoms with Crippen LogP contribution in [0, 0.1) is 0 Å². The molecule has 0 aromatic heterocycles. The van der Waals surface area contributed by atoms with Gasteiger partial charge in [0.2, 0.25) is 0 Å². The van der Waals surface area contributed by atoms with Gasteiger partial charge >= 0.3 is 10.2 Å². The molecule has 2 aromatic carbocycles. The lowest BCUT2D eigenvalue weighted by atomic mass is 9.91. The van der Waals surface area contributed by atoms with Gasteiger partial charge < -0.3 is 0 Å². The van der Waals surface area contributed by atoms with Gasteiger partial charge in [0.1, 0.15) is 0 Å². The van der Waals surface area contributed by atoms with Crippen LogP contribution >= 0.6 is 23.4 Å². The van der Waals surface area contributed by atoms with Crippen LogP contribution in [0.15, 0.2) is 64.1 Å². The number of piperidine rings is 1. The number of hydrazone groups is 1. The number of hydrogen-bond donors (Lipinski definition) is 0. The lowest BCUT2D eigenvalue weighted by molar-refractivity contribution is 0.347. The molecule has 164 valence electrons. The smallest absolute Gasteiger partial charge is 0.240 e. The second kappa shape index (κ2) is 9.73. The van der Waals surface area contributed by atoms with Gasteiger partial charge in [0.15, 0.2) is 5.17 Å². The molecule has 1 unspecified atom stereocenters. The number of hydrogen-bond acceptors (Lipinski definition) is 4. The Morgan fingerprint density at radius 2 is 1.74 bits per heavy atom. The SMILES string of the molecule is CSC(=NS(=O)(=O)N1CCCCC1)N1CC(c2ccccc2)C(c2ccc(Cl)cc2)=N1. The fraction of sp³-hybridized carbons (Fsp3) is 0.364. The van der Waals surface area contributed by atoms with E-state index in [1.54, 1.807) is 5.01 Å². The Labute approximate surface area is 193 Å². The van der Waals surface area contributed by atoms with Gasteiger partial charge in [-0.15, -0.1) is 4.40 Å². The summed E-state index contributed by atoms with van der Waals surface area (Å²) in [7, 11) is -3.73. The van der Waals surface area contributed by atoms with Crippen LogP contribution in [0.4, 0.5) is 0 Å². The van der Waals surface area contributed by atoms with E-state index in [9.17, 15) is 8.42 Å². The van der Waals surface area contributed by atoms with Crippen molar-refractivity contribution < 1.29 is 8.42 Å². The highest BCUT2D eigenvalue weighted by Crippen LogP contribution is 2.31.